The van der Waals surface area contributed by atoms with E-state index in [0.717, 1.165) is 18.5 Å². The van der Waals surface area contributed by atoms with E-state index in [2.05, 4.69) is 5.32 Å². The van der Waals surface area contributed by atoms with E-state index in [-0.39, 0.29) is 37.0 Å². The Labute approximate surface area is 227 Å². The number of likely N-dealkylation sites (N-methyl/N-ethyl adjacent to an activating group) is 1. The molecule has 3 aliphatic heterocycles. The summed E-state index contributed by atoms with van der Waals surface area (Å²) in [6.45, 7) is 4.59. The molecule has 0 spiro atoms. The highest BCUT2D eigenvalue weighted by atomic mass is 16.5. The van der Waals surface area contributed by atoms with Gasteiger partial charge in [-0.25, -0.2) is 4.58 Å². The molecule has 2 unspecified atom stereocenters. The van der Waals surface area contributed by atoms with Gasteiger partial charge in [-0.05, 0) is 50.5 Å². The van der Waals surface area contributed by atoms with E-state index in [1.54, 1.807) is 35.2 Å². The molecule has 2 fully saturated rings. The van der Waals surface area contributed by atoms with Crippen molar-refractivity contribution in [3.8, 4) is 5.75 Å². The highest BCUT2D eigenvalue weighted by Crippen LogP contribution is 2.25. The predicted molar refractivity (Wildman–Crippen MR) is 143 cm³/mol. The van der Waals surface area contributed by atoms with Gasteiger partial charge in [0, 0.05) is 25.8 Å². The molecular weight excluding hydrogens is 500 g/mol. The minimum Gasteiger partial charge on any atom is -0.484 e. The van der Waals surface area contributed by atoms with Gasteiger partial charge in [-0.1, -0.05) is 18.2 Å². The van der Waals surface area contributed by atoms with Crippen molar-refractivity contribution >= 4 is 29.2 Å². The number of amides is 3. The first-order chi connectivity index (χ1) is 18.9. The van der Waals surface area contributed by atoms with Crippen LogP contribution >= 0.6 is 0 Å². The molecule has 2 atom stereocenters. The summed E-state index contributed by atoms with van der Waals surface area (Å²) in [4.78, 5) is 41.7. The number of amidine groups is 1. The number of carbonyl (C=O) groups excluding carboxylic acids is 3. The lowest BCUT2D eigenvalue weighted by Crippen LogP contribution is -2.45. The van der Waals surface area contributed by atoms with Gasteiger partial charge in [0.25, 0.3) is 23.6 Å². The molecule has 10 nitrogen and oxygen atoms in total. The summed E-state index contributed by atoms with van der Waals surface area (Å²) < 4.78 is 13.8. The van der Waals surface area contributed by atoms with Crippen LogP contribution in [0.4, 0.5) is 5.69 Å². The maximum atomic E-state index is 13.1. The van der Waals surface area contributed by atoms with Crippen molar-refractivity contribution in [1.82, 2.24) is 15.1 Å². The molecule has 0 radical (unpaired) electrons. The molecule has 10 heteroatoms. The van der Waals surface area contributed by atoms with E-state index < -0.39 is 6.10 Å². The summed E-state index contributed by atoms with van der Waals surface area (Å²) in [5, 5.41) is 13.1. The highest BCUT2D eigenvalue weighted by molar-refractivity contribution is 6.22. The van der Waals surface area contributed by atoms with Gasteiger partial charge in [0.2, 0.25) is 0 Å². The molecule has 2 aromatic rings. The first-order valence-corrected chi connectivity index (χ1v) is 13.6. The molecule has 3 heterocycles. The van der Waals surface area contributed by atoms with E-state index in [4.69, 9.17) is 9.47 Å². The van der Waals surface area contributed by atoms with Crippen LogP contribution in [0.1, 0.15) is 46.9 Å². The highest BCUT2D eigenvalue weighted by Gasteiger charge is 2.38. The summed E-state index contributed by atoms with van der Waals surface area (Å²) in [6.07, 6.45) is 1.98. The number of nitrogens with zero attached hydrogens (tertiary/aromatic N) is 3. The summed E-state index contributed by atoms with van der Waals surface area (Å²) in [6, 6.07) is 14.3. The Morgan fingerprint density at radius 3 is 2.54 bits per heavy atom. The maximum absolute atomic E-state index is 13.1. The Balaban J connectivity index is 1.41. The van der Waals surface area contributed by atoms with Crippen molar-refractivity contribution < 1.29 is 33.5 Å². The number of hydrogen-bond acceptors (Lipinski definition) is 6. The Bertz CT molecular complexity index is 1240. The number of likely N-dealkylation sites (tertiary alicyclic amines) is 1. The largest absolute Gasteiger partial charge is 0.484 e. The lowest BCUT2D eigenvalue weighted by molar-refractivity contribution is -0.455. The number of carbonyl (C=O) groups is 3. The smallest absolute Gasteiger partial charge is 0.270 e. The van der Waals surface area contributed by atoms with Crippen LogP contribution in [0.15, 0.2) is 48.5 Å². The van der Waals surface area contributed by atoms with Crippen LogP contribution in [0.25, 0.3) is 0 Å². The predicted octanol–water partition coefficient (Wildman–Crippen LogP) is 1.79. The molecule has 2 saturated heterocycles. The third-order valence-corrected chi connectivity index (χ3v) is 7.31. The standard InChI is InChI=1S/C29H34N4O6/c1-2-30-26(18-33-28(36)24-10-3-4-11-25(24)29(33)37)32(17-23-9-6-14-38-23)20-7-5-8-22(15-20)39-19-27(35)31-13-12-21(34)16-31/h3-5,7-8,10-11,15,21,23,34H,2,6,9,12-14,16-19H2,1H3/p+1. The normalized spacial score (nSPS) is 21.3. The number of fused-ring (bicyclic) bond motifs is 1. The number of β-amino-alcohol motifs (C(OH)–C–C–N with tert-alkyl or cyclic N) is 1. The molecule has 3 amide bonds. The van der Waals surface area contributed by atoms with Crippen LogP contribution in [0.5, 0.6) is 5.75 Å². The SMILES string of the molecule is CCNC(CN1C(=O)c2ccccc2C1=O)=[N+](CC1CCCO1)c1cccc(OCC(=O)N2CCC(O)C2)c1. The van der Waals surface area contributed by atoms with Gasteiger partial charge in [0.15, 0.2) is 6.61 Å². The Morgan fingerprint density at radius 1 is 1.13 bits per heavy atom. The molecule has 2 aromatic carbocycles. The second-order valence-electron chi connectivity index (χ2n) is 10.0. The van der Waals surface area contributed by atoms with Crippen LogP contribution in [-0.2, 0) is 9.53 Å². The third-order valence-electron chi connectivity index (χ3n) is 7.31. The number of nitrogens with one attached hydrogen (secondary N) is 1. The van der Waals surface area contributed by atoms with Gasteiger partial charge >= 0.3 is 0 Å². The van der Waals surface area contributed by atoms with Crippen molar-refractivity contribution in [3.05, 3.63) is 59.7 Å². The Morgan fingerprint density at radius 2 is 1.90 bits per heavy atom. The molecule has 0 bridgehead atoms. The van der Waals surface area contributed by atoms with Crippen molar-refractivity contribution in [3.63, 3.8) is 0 Å². The molecule has 2 N–H and O–H groups in total. The first kappa shape index (κ1) is 26.8. The third kappa shape index (κ3) is 5.97. The van der Waals surface area contributed by atoms with Crippen LogP contribution in [0.2, 0.25) is 0 Å². The van der Waals surface area contributed by atoms with Gasteiger partial charge in [0.1, 0.15) is 24.5 Å². The van der Waals surface area contributed by atoms with E-state index in [0.29, 0.717) is 61.9 Å². The number of ether oxygens (including phenoxy) is 2. The quantitative estimate of drug-likeness (QED) is 0.218. The Kier molecular flexibility index (Phi) is 8.23. The monoisotopic (exact) mass is 535 g/mol. The fourth-order valence-corrected chi connectivity index (χ4v) is 5.28. The van der Waals surface area contributed by atoms with Crippen LogP contribution < -0.4 is 10.1 Å². The number of benzene rings is 2. The second-order valence-corrected chi connectivity index (χ2v) is 10.0. The van der Waals surface area contributed by atoms with Crippen molar-refractivity contribution in [2.24, 2.45) is 0 Å². The van der Waals surface area contributed by atoms with Gasteiger partial charge in [-0.2, -0.15) is 0 Å². The van der Waals surface area contributed by atoms with Crippen LogP contribution in [0.3, 0.4) is 0 Å². The zero-order valence-electron chi connectivity index (χ0n) is 22.2. The van der Waals surface area contributed by atoms with E-state index >= 15 is 0 Å². The van der Waals surface area contributed by atoms with E-state index in [1.807, 2.05) is 29.7 Å². The fourth-order valence-electron chi connectivity index (χ4n) is 5.28. The number of imide groups is 1. The molecule has 0 aliphatic carbocycles. The maximum Gasteiger partial charge on any atom is 0.270 e. The van der Waals surface area contributed by atoms with E-state index in [9.17, 15) is 19.5 Å². The Hall–Kier alpha value is -3.76. The molecule has 5 rings (SSSR count). The lowest BCUT2D eigenvalue weighted by atomic mass is 10.1. The summed E-state index contributed by atoms with van der Waals surface area (Å²) in [5.41, 5.74) is 1.61. The summed E-state index contributed by atoms with van der Waals surface area (Å²) in [7, 11) is 0. The van der Waals surface area contributed by atoms with Crippen molar-refractivity contribution in [2.75, 3.05) is 45.9 Å². The van der Waals surface area contributed by atoms with Crippen molar-refractivity contribution in [2.45, 2.75) is 38.4 Å². The molecule has 0 saturated carbocycles. The topological polar surface area (TPSA) is 111 Å². The van der Waals surface area contributed by atoms with Crippen LogP contribution in [-0.4, -0.2) is 101 Å². The number of hydrogen-bond donors (Lipinski definition) is 2. The number of aliphatic hydroxyl groups is 1. The number of rotatable bonds is 9. The van der Waals surface area contributed by atoms with Gasteiger partial charge < -0.3 is 19.5 Å². The molecule has 3 aliphatic rings. The molecular formula is C29H35N4O6+. The minimum atomic E-state index is -0.481. The minimum absolute atomic E-state index is 0.00594. The number of aliphatic hydroxyl groups excluding tert-OH is 1. The van der Waals surface area contributed by atoms with Gasteiger partial charge in [-0.3, -0.25) is 24.6 Å². The van der Waals surface area contributed by atoms with E-state index in [1.165, 1.54) is 4.90 Å². The summed E-state index contributed by atoms with van der Waals surface area (Å²) >= 11 is 0. The van der Waals surface area contributed by atoms with Gasteiger partial charge in [-0.15, -0.1) is 0 Å². The molecule has 0 aromatic heterocycles. The zero-order chi connectivity index (χ0) is 27.4. The average molecular weight is 536 g/mol. The first-order valence-electron chi connectivity index (χ1n) is 13.6. The average Bonchev–Trinajstić information content (AvgIpc) is 3.68. The molecule has 206 valence electrons. The zero-order valence-corrected chi connectivity index (χ0v) is 22.2. The second kappa shape index (κ2) is 12.0. The van der Waals surface area contributed by atoms with Crippen molar-refractivity contribution in [1.29, 1.82) is 0 Å². The lowest BCUT2D eigenvalue weighted by Gasteiger charge is -2.20. The van der Waals surface area contributed by atoms with Crippen LogP contribution in [0, 0.1) is 0 Å². The summed E-state index contributed by atoms with van der Waals surface area (Å²) in [5.74, 6) is 0.423. The molecule has 39 heavy (non-hydrogen) atoms. The fraction of sp³-hybridized carbons (Fsp3) is 0.448. The van der Waals surface area contributed by atoms with Gasteiger partial charge in [0.05, 0.1) is 29.9 Å².